The Hall–Kier alpha value is -4.27. The first kappa shape index (κ1) is 31.2. The number of amides is 1. The number of nitrogens with one attached hydrogen (secondary N) is 2. The van der Waals surface area contributed by atoms with Crippen LogP contribution in [0.15, 0.2) is 74.5 Å². The lowest BCUT2D eigenvalue weighted by molar-refractivity contribution is 0.0519. The van der Waals surface area contributed by atoms with Crippen LogP contribution in [0.4, 0.5) is 4.79 Å². The smallest absolute Gasteiger partial charge is 0.407 e. The van der Waals surface area contributed by atoms with Gasteiger partial charge in [-0.15, -0.1) is 0 Å². The first-order valence-corrected chi connectivity index (χ1v) is 15.7. The van der Waals surface area contributed by atoms with Gasteiger partial charge in [-0.2, -0.15) is 5.16 Å². The maximum absolute atomic E-state index is 11.9. The lowest BCUT2D eigenvalue weighted by Crippen LogP contribution is -2.34. The van der Waals surface area contributed by atoms with Crippen LogP contribution in [-0.2, 0) is 4.74 Å². The third-order valence-electron chi connectivity index (χ3n) is 8.04. The molecule has 4 aromatic rings. The highest BCUT2D eigenvalue weighted by molar-refractivity contribution is 5.67. The van der Waals surface area contributed by atoms with E-state index in [2.05, 4.69) is 15.6 Å². The molecule has 2 aliphatic carbocycles. The molecule has 9 heteroatoms. The fourth-order valence-electron chi connectivity index (χ4n) is 6.07. The van der Waals surface area contributed by atoms with E-state index < -0.39 is 11.7 Å². The van der Waals surface area contributed by atoms with E-state index in [1.807, 2.05) is 81.4 Å². The number of carbonyl (C=O) groups excluding carboxylic acids is 1. The molecule has 0 unspecified atom stereocenters. The number of H-pyrrole nitrogens is 1. The van der Waals surface area contributed by atoms with Gasteiger partial charge in [0.25, 0.3) is 11.4 Å². The van der Waals surface area contributed by atoms with Crippen LogP contribution in [0.25, 0.3) is 22.6 Å². The molecule has 2 N–H and O–H groups in total. The number of aromatic amines is 1. The van der Waals surface area contributed by atoms with Crippen LogP contribution >= 0.6 is 0 Å². The van der Waals surface area contributed by atoms with Gasteiger partial charge in [0, 0.05) is 11.1 Å². The summed E-state index contributed by atoms with van der Waals surface area (Å²) in [5.74, 6) is 2.82. The molecule has 2 aromatic heterocycles. The monoisotopic (exact) mass is 601 g/mol. The maximum Gasteiger partial charge on any atom is 0.407 e. The molecule has 2 fully saturated rings. The van der Waals surface area contributed by atoms with Crippen LogP contribution in [0.1, 0.15) is 95.1 Å². The third kappa shape index (κ3) is 8.01. The Morgan fingerprint density at radius 3 is 1.98 bits per heavy atom. The van der Waals surface area contributed by atoms with Crippen molar-refractivity contribution < 1.29 is 23.3 Å². The average Bonchev–Trinajstić information content (AvgIpc) is 3.83. The molecule has 0 aliphatic heterocycles. The predicted octanol–water partition coefficient (Wildman–Crippen LogP) is 8.20. The van der Waals surface area contributed by atoms with Crippen molar-refractivity contribution in [2.24, 2.45) is 0 Å². The molecule has 9 nitrogen and oxygen atoms in total. The van der Waals surface area contributed by atoms with Crippen LogP contribution in [0, 0.1) is 0 Å². The zero-order chi connectivity index (χ0) is 30.9. The summed E-state index contributed by atoms with van der Waals surface area (Å²) in [6, 6.07) is 19.8. The number of rotatable bonds is 8. The molecule has 6 rings (SSSR count). The van der Waals surface area contributed by atoms with Gasteiger partial charge in [0.2, 0.25) is 0 Å². The van der Waals surface area contributed by atoms with Gasteiger partial charge >= 0.3 is 6.09 Å². The SMILES string of the molecule is CC(C)(C)OC(=O)NCCOc1noc(-c2ccccc2)c1C1CCCC1.O=c1[nH]oc(-c2ccccc2)c1C1CCCC1. The number of carbonyl (C=O) groups is 1. The first-order chi connectivity index (χ1) is 21.3. The summed E-state index contributed by atoms with van der Waals surface area (Å²) in [6.07, 6.45) is 8.83. The maximum atomic E-state index is 11.9. The van der Waals surface area contributed by atoms with Crippen LogP contribution in [0.5, 0.6) is 5.88 Å². The second-order valence-corrected chi connectivity index (χ2v) is 12.5. The van der Waals surface area contributed by atoms with Crippen LogP contribution in [0.3, 0.4) is 0 Å². The standard InChI is InChI=1S/C21H28N2O4.C14H15NO2/c1-21(2,3)26-20(24)22-13-14-25-19-17(15-9-7-8-10-15)18(27-23-19)16-11-5-4-6-12-16;16-14-12(10-6-4-5-7-10)13(17-15-14)11-8-2-1-3-9-11/h4-6,11-12,15H,7-10,13-14H2,1-3H3,(H,22,24);1-3,8-10H,4-7H2,(H,15,16). The summed E-state index contributed by atoms with van der Waals surface area (Å²) < 4.78 is 22.1. The van der Waals surface area contributed by atoms with Crippen LogP contribution < -0.4 is 15.6 Å². The molecule has 0 saturated heterocycles. The van der Waals surface area contributed by atoms with Crippen molar-refractivity contribution >= 4 is 6.09 Å². The van der Waals surface area contributed by atoms with Crippen LogP contribution in [0.2, 0.25) is 0 Å². The van der Waals surface area contributed by atoms with Crippen molar-refractivity contribution in [1.29, 1.82) is 0 Å². The summed E-state index contributed by atoms with van der Waals surface area (Å²) in [7, 11) is 0. The van der Waals surface area contributed by atoms with E-state index >= 15 is 0 Å². The predicted molar refractivity (Wildman–Crippen MR) is 169 cm³/mol. The van der Waals surface area contributed by atoms with Crippen LogP contribution in [-0.4, -0.2) is 35.2 Å². The Morgan fingerprint density at radius 1 is 0.864 bits per heavy atom. The van der Waals surface area contributed by atoms with Gasteiger partial charge in [-0.3, -0.25) is 4.79 Å². The number of hydrogen-bond donors (Lipinski definition) is 2. The quantitative estimate of drug-likeness (QED) is 0.195. The van der Waals surface area contributed by atoms with Crippen molar-refractivity contribution in [3.63, 3.8) is 0 Å². The summed E-state index contributed by atoms with van der Waals surface area (Å²) in [6.45, 7) is 6.14. The Morgan fingerprint density at radius 2 is 1.41 bits per heavy atom. The number of hydrogen-bond acceptors (Lipinski definition) is 7. The molecule has 0 radical (unpaired) electrons. The van der Waals surface area contributed by atoms with Gasteiger partial charge in [0.15, 0.2) is 11.5 Å². The topological polar surface area (TPSA) is 120 Å². The molecule has 2 aromatic carbocycles. The number of aromatic nitrogens is 2. The Kier molecular flexibility index (Phi) is 10.2. The molecule has 44 heavy (non-hydrogen) atoms. The van der Waals surface area contributed by atoms with E-state index in [4.69, 9.17) is 18.5 Å². The zero-order valence-electron chi connectivity index (χ0n) is 25.9. The molecule has 234 valence electrons. The van der Waals surface area contributed by atoms with E-state index in [0.717, 1.165) is 59.5 Å². The van der Waals surface area contributed by atoms with Crippen molar-refractivity contribution in [3.05, 3.63) is 82.1 Å². The van der Waals surface area contributed by atoms with Crippen molar-refractivity contribution in [3.8, 4) is 28.5 Å². The molecular weight excluding hydrogens is 558 g/mol. The summed E-state index contributed by atoms with van der Waals surface area (Å²) >= 11 is 0. The zero-order valence-corrected chi connectivity index (χ0v) is 25.9. The second-order valence-electron chi connectivity index (χ2n) is 12.5. The molecule has 2 aliphatic rings. The largest absolute Gasteiger partial charge is 0.473 e. The number of ether oxygens (including phenoxy) is 2. The molecule has 0 atom stereocenters. The third-order valence-corrected chi connectivity index (χ3v) is 8.04. The Labute approximate surface area is 258 Å². The summed E-state index contributed by atoms with van der Waals surface area (Å²) in [5.41, 5.74) is 3.30. The minimum atomic E-state index is -0.517. The number of benzene rings is 2. The van der Waals surface area contributed by atoms with Crippen molar-refractivity contribution in [2.45, 2.75) is 89.6 Å². The number of nitrogens with zero attached hydrogens (tertiary/aromatic N) is 1. The molecule has 0 spiro atoms. The minimum absolute atomic E-state index is 0.0595. The Balaban J connectivity index is 0.000000193. The summed E-state index contributed by atoms with van der Waals surface area (Å²) in [4.78, 5) is 23.6. The minimum Gasteiger partial charge on any atom is -0.473 e. The Bertz CT molecular complexity index is 1520. The summed E-state index contributed by atoms with van der Waals surface area (Å²) in [5, 5.41) is 9.35. The molecule has 0 bridgehead atoms. The highest BCUT2D eigenvalue weighted by Gasteiger charge is 2.29. The van der Waals surface area contributed by atoms with Gasteiger partial charge in [-0.25, -0.2) is 4.79 Å². The van der Waals surface area contributed by atoms with Crippen molar-refractivity contribution in [1.82, 2.24) is 15.6 Å². The van der Waals surface area contributed by atoms with E-state index in [1.54, 1.807) is 0 Å². The first-order valence-electron chi connectivity index (χ1n) is 15.7. The highest BCUT2D eigenvalue weighted by Crippen LogP contribution is 2.44. The lowest BCUT2D eigenvalue weighted by atomic mass is 9.95. The van der Waals surface area contributed by atoms with Gasteiger partial charge < -0.3 is 23.8 Å². The normalized spacial score (nSPS) is 15.5. The van der Waals surface area contributed by atoms with E-state index in [0.29, 0.717) is 30.9 Å². The molecule has 2 saturated carbocycles. The fraction of sp³-hybridized carbons (Fsp3) is 0.457. The van der Waals surface area contributed by atoms with E-state index in [9.17, 15) is 9.59 Å². The van der Waals surface area contributed by atoms with E-state index in [1.165, 1.54) is 25.7 Å². The average molecular weight is 602 g/mol. The van der Waals surface area contributed by atoms with Gasteiger partial charge in [0.1, 0.15) is 12.2 Å². The van der Waals surface area contributed by atoms with Crippen molar-refractivity contribution in [2.75, 3.05) is 13.2 Å². The highest BCUT2D eigenvalue weighted by atomic mass is 16.6. The van der Waals surface area contributed by atoms with Gasteiger partial charge in [-0.1, -0.05) is 86.3 Å². The molecule has 1 amide bonds. The second kappa shape index (κ2) is 14.5. The fourth-order valence-corrected chi connectivity index (χ4v) is 6.07. The van der Waals surface area contributed by atoms with Gasteiger partial charge in [-0.05, 0) is 63.4 Å². The van der Waals surface area contributed by atoms with Gasteiger partial charge in [0.05, 0.1) is 17.7 Å². The number of alkyl carbamates (subject to hydrolysis) is 1. The molecule has 2 heterocycles. The lowest BCUT2D eigenvalue weighted by Gasteiger charge is -2.19. The van der Waals surface area contributed by atoms with E-state index in [-0.39, 0.29) is 5.56 Å². The molecular formula is C35H43N3O6.